The Morgan fingerprint density at radius 1 is 1.31 bits per heavy atom. The molecule has 0 atom stereocenters. The molecule has 0 bridgehead atoms. The van der Waals surface area contributed by atoms with Crippen molar-refractivity contribution in [1.29, 1.82) is 0 Å². The number of hydrogen-bond acceptors (Lipinski definition) is 3. The summed E-state index contributed by atoms with van der Waals surface area (Å²) in [6, 6.07) is 5.17. The second-order valence-electron chi connectivity index (χ2n) is 2.56. The average molecular weight is 214 g/mol. The molecule has 0 saturated carbocycles. The van der Waals surface area contributed by atoms with Gasteiger partial charge in [0.25, 0.3) is 0 Å². The van der Waals surface area contributed by atoms with E-state index in [1.165, 1.54) is 0 Å². The van der Waals surface area contributed by atoms with E-state index in [9.17, 15) is 4.79 Å². The quantitative estimate of drug-likeness (QED) is 0.675. The molecule has 4 heteroatoms. The molecule has 1 rings (SSSR count). The zero-order valence-corrected chi connectivity index (χ0v) is 8.69. The first-order valence-electron chi connectivity index (χ1n) is 3.76. The minimum absolute atomic E-state index is 0.321. The number of benzene rings is 1. The summed E-state index contributed by atoms with van der Waals surface area (Å²) < 4.78 is 0. The monoisotopic (exact) mass is 214 g/mol. The number of aromatic carboxylic acids is 1. The molecule has 0 saturated heterocycles. The number of thiol groups is 2. The Morgan fingerprint density at radius 3 is 2.46 bits per heavy atom. The highest BCUT2D eigenvalue weighted by Gasteiger charge is 2.11. The van der Waals surface area contributed by atoms with E-state index in [1.807, 2.05) is 6.07 Å². The topological polar surface area (TPSA) is 37.3 Å². The van der Waals surface area contributed by atoms with Crippen molar-refractivity contribution in [2.45, 2.75) is 11.5 Å². The molecule has 0 heterocycles. The van der Waals surface area contributed by atoms with Gasteiger partial charge in [0.05, 0.1) is 5.56 Å². The number of hydrogen-bond donors (Lipinski definition) is 3. The number of rotatable bonds is 3. The van der Waals surface area contributed by atoms with Crippen molar-refractivity contribution in [2.24, 2.45) is 0 Å². The van der Waals surface area contributed by atoms with Gasteiger partial charge in [-0.25, -0.2) is 4.79 Å². The van der Waals surface area contributed by atoms with Gasteiger partial charge in [0, 0.05) is 11.5 Å². The van der Waals surface area contributed by atoms with Gasteiger partial charge in [0.15, 0.2) is 0 Å². The minimum atomic E-state index is -0.910. The predicted molar refractivity (Wildman–Crippen MR) is 58.8 cm³/mol. The first-order chi connectivity index (χ1) is 6.20. The fraction of sp³-hybridized carbons (Fsp3) is 0.222. The number of carboxylic acid groups (broad SMARTS) is 1. The molecule has 0 fully saturated rings. The van der Waals surface area contributed by atoms with Crippen LogP contribution in [0.15, 0.2) is 18.2 Å². The van der Waals surface area contributed by atoms with Crippen LogP contribution in [-0.2, 0) is 11.5 Å². The summed E-state index contributed by atoms with van der Waals surface area (Å²) in [5, 5.41) is 8.86. The largest absolute Gasteiger partial charge is 0.478 e. The molecule has 0 aliphatic carbocycles. The SMILES string of the molecule is O=C(O)c1cccc(CS)c1CS. The van der Waals surface area contributed by atoms with Crippen molar-refractivity contribution < 1.29 is 9.90 Å². The predicted octanol–water partition coefficient (Wildman–Crippen LogP) is 2.24. The molecule has 0 amide bonds. The Hall–Kier alpha value is -0.610. The third-order valence-corrected chi connectivity index (χ3v) is 2.49. The average Bonchev–Trinajstić information content (AvgIpc) is 2.16. The van der Waals surface area contributed by atoms with Crippen LogP contribution < -0.4 is 0 Å². The van der Waals surface area contributed by atoms with E-state index >= 15 is 0 Å². The van der Waals surface area contributed by atoms with Crippen molar-refractivity contribution in [2.75, 3.05) is 0 Å². The molecule has 0 radical (unpaired) electrons. The van der Waals surface area contributed by atoms with Crippen LogP contribution in [0, 0.1) is 0 Å². The van der Waals surface area contributed by atoms with E-state index in [-0.39, 0.29) is 0 Å². The molecule has 0 unspecified atom stereocenters. The number of carboxylic acids is 1. The Labute approximate surface area is 87.8 Å². The minimum Gasteiger partial charge on any atom is -0.478 e. The summed E-state index contributed by atoms with van der Waals surface area (Å²) in [5.74, 6) is 0.0581. The van der Waals surface area contributed by atoms with Crippen LogP contribution in [0.5, 0.6) is 0 Å². The Morgan fingerprint density at radius 2 is 2.00 bits per heavy atom. The first kappa shape index (κ1) is 10.5. The van der Waals surface area contributed by atoms with Gasteiger partial charge in [-0.1, -0.05) is 12.1 Å². The molecule has 0 aliphatic heterocycles. The third kappa shape index (κ3) is 2.19. The maximum atomic E-state index is 10.8. The highest BCUT2D eigenvalue weighted by atomic mass is 32.1. The third-order valence-electron chi connectivity index (χ3n) is 1.83. The summed E-state index contributed by atoms with van der Waals surface area (Å²) in [6.07, 6.45) is 0. The normalized spacial score (nSPS) is 10.0. The smallest absolute Gasteiger partial charge is 0.336 e. The molecule has 0 spiro atoms. The van der Waals surface area contributed by atoms with E-state index < -0.39 is 5.97 Å². The van der Waals surface area contributed by atoms with E-state index in [1.54, 1.807) is 12.1 Å². The summed E-state index contributed by atoms with van der Waals surface area (Å²) in [7, 11) is 0. The summed E-state index contributed by atoms with van der Waals surface area (Å²) >= 11 is 8.22. The molecule has 2 nitrogen and oxygen atoms in total. The van der Waals surface area contributed by atoms with E-state index in [0.29, 0.717) is 17.1 Å². The van der Waals surface area contributed by atoms with Gasteiger partial charge in [0.1, 0.15) is 0 Å². The lowest BCUT2D eigenvalue weighted by Crippen LogP contribution is -2.03. The molecule has 1 aromatic carbocycles. The van der Waals surface area contributed by atoms with Crippen molar-refractivity contribution in [3.63, 3.8) is 0 Å². The molecule has 1 N–H and O–H groups in total. The van der Waals surface area contributed by atoms with E-state index in [4.69, 9.17) is 5.11 Å². The van der Waals surface area contributed by atoms with E-state index in [0.717, 1.165) is 11.1 Å². The molecule has 0 aromatic heterocycles. The summed E-state index contributed by atoms with van der Waals surface area (Å²) in [6.45, 7) is 0. The highest BCUT2D eigenvalue weighted by molar-refractivity contribution is 7.79. The zero-order chi connectivity index (χ0) is 9.84. The van der Waals surface area contributed by atoms with Crippen LogP contribution in [0.3, 0.4) is 0 Å². The standard InChI is InChI=1S/C9H10O2S2/c10-9(11)7-3-1-2-6(4-12)8(7)5-13/h1-3,12-13H,4-5H2,(H,10,11). The van der Waals surface area contributed by atoms with Crippen LogP contribution in [-0.4, -0.2) is 11.1 Å². The van der Waals surface area contributed by atoms with Crippen molar-refractivity contribution in [1.82, 2.24) is 0 Å². The van der Waals surface area contributed by atoms with Crippen molar-refractivity contribution >= 4 is 31.2 Å². The molecular weight excluding hydrogens is 204 g/mol. The highest BCUT2D eigenvalue weighted by Crippen LogP contribution is 2.18. The zero-order valence-electron chi connectivity index (χ0n) is 6.90. The van der Waals surface area contributed by atoms with Crippen LogP contribution in [0.1, 0.15) is 21.5 Å². The Kier molecular flexibility index (Phi) is 3.69. The first-order valence-corrected chi connectivity index (χ1v) is 5.03. The molecule has 13 heavy (non-hydrogen) atoms. The fourth-order valence-electron chi connectivity index (χ4n) is 1.17. The van der Waals surface area contributed by atoms with Crippen molar-refractivity contribution in [3.8, 4) is 0 Å². The second-order valence-corrected chi connectivity index (χ2v) is 3.20. The molecule has 1 aromatic rings. The van der Waals surface area contributed by atoms with Gasteiger partial charge >= 0.3 is 5.97 Å². The van der Waals surface area contributed by atoms with Crippen LogP contribution in [0.2, 0.25) is 0 Å². The summed E-state index contributed by atoms with van der Waals surface area (Å²) in [5.41, 5.74) is 2.01. The van der Waals surface area contributed by atoms with Gasteiger partial charge in [0.2, 0.25) is 0 Å². The van der Waals surface area contributed by atoms with E-state index in [2.05, 4.69) is 25.3 Å². The maximum Gasteiger partial charge on any atom is 0.336 e. The molecular formula is C9H10O2S2. The van der Waals surface area contributed by atoms with Crippen LogP contribution >= 0.6 is 25.3 Å². The lowest BCUT2D eigenvalue weighted by atomic mass is 10.0. The van der Waals surface area contributed by atoms with Crippen molar-refractivity contribution in [3.05, 3.63) is 34.9 Å². The van der Waals surface area contributed by atoms with Gasteiger partial charge in [-0.2, -0.15) is 25.3 Å². The summed E-state index contributed by atoms with van der Waals surface area (Å²) in [4.78, 5) is 10.8. The number of carbonyl (C=O) groups is 1. The molecule has 0 aliphatic rings. The van der Waals surface area contributed by atoms with Crippen LogP contribution in [0.4, 0.5) is 0 Å². The Bertz CT molecular complexity index is 323. The van der Waals surface area contributed by atoms with Crippen LogP contribution in [0.25, 0.3) is 0 Å². The van der Waals surface area contributed by atoms with Gasteiger partial charge < -0.3 is 5.11 Å². The maximum absolute atomic E-state index is 10.8. The lowest BCUT2D eigenvalue weighted by Gasteiger charge is -2.07. The van der Waals surface area contributed by atoms with Gasteiger partial charge in [-0.3, -0.25) is 0 Å². The Balaban J connectivity index is 3.27. The van der Waals surface area contributed by atoms with Gasteiger partial charge in [-0.15, -0.1) is 0 Å². The van der Waals surface area contributed by atoms with Gasteiger partial charge in [-0.05, 0) is 17.2 Å². The second kappa shape index (κ2) is 4.58. The lowest BCUT2D eigenvalue weighted by molar-refractivity contribution is 0.0696. The fourth-order valence-corrected chi connectivity index (χ4v) is 1.84. The molecule has 70 valence electrons.